The van der Waals surface area contributed by atoms with Crippen LogP contribution in [0.25, 0.3) is 0 Å². The maximum absolute atomic E-state index is 12.4. The van der Waals surface area contributed by atoms with Crippen molar-refractivity contribution in [3.8, 4) is 5.75 Å². The molecule has 0 atom stereocenters. The number of ether oxygens (including phenoxy) is 1. The highest BCUT2D eigenvalue weighted by Crippen LogP contribution is 2.24. The standard InChI is InChI=1S/C15H17N3O5/c19-9-10-1-2-12-11(5-10)7-17(3-4-23-12)14(21)8-18-13(20)6-16-15(18)22/h1-2,5,19H,3-4,6-9H2,(H,16,22). The molecule has 3 rings (SSSR count). The molecule has 0 bridgehead atoms. The Labute approximate surface area is 132 Å². The first-order valence-electron chi connectivity index (χ1n) is 7.30. The Balaban J connectivity index is 1.73. The van der Waals surface area contributed by atoms with Crippen LogP contribution in [0, 0.1) is 0 Å². The molecule has 0 aliphatic carbocycles. The molecular formula is C15H17N3O5. The topological polar surface area (TPSA) is 99.2 Å². The number of nitrogens with zero attached hydrogens (tertiary/aromatic N) is 2. The fraction of sp³-hybridized carbons (Fsp3) is 0.400. The van der Waals surface area contributed by atoms with Gasteiger partial charge in [0, 0.05) is 12.1 Å². The molecule has 4 amide bonds. The van der Waals surface area contributed by atoms with Crippen molar-refractivity contribution in [1.82, 2.24) is 15.1 Å². The van der Waals surface area contributed by atoms with Gasteiger partial charge in [-0.05, 0) is 17.7 Å². The lowest BCUT2D eigenvalue weighted by Gasteiger charge is -2.22. The lowest BCUT2D eigenvalue weighted by Crippen LogP contribution is -2.43. The lowest BCUT2D eigenvalue weighted by molar-refractivity contribution is -0.137. The summed E-state index contributed by atoms with van der Waals surface area (Å²) in [4.78, 5) is 38.0. The highest BCUT2D eigenvalue weighted by atomic mass is 16.5. The molecule has 122 valence electrons. The van der Waals surface area contributed by atoms with Gasteiger partial charge < -0.3 is 20.1 Å². The van der Waals surface area contributed by atoms with Crippen LogP contribution in [0.15, 0.2) is 18.2 Å². The highest BCUT2D eigenvalue weighted by Gasteiger charge is 2.32. The van der Waals surface area contributed by atoms with Gasteiger partial charge in [-0.3, -0.25) is 14.5 Å². The minimum Gasteiger partial charge on any atom is -0.491 e. The summed E-state index contributed by atoms with van der Waals surface area (Å²) < 4.78 is 5.61. The first-order chi connectivity index (χ1) is 11.1. The van der Waals surface area contributed by atoms with Crippen LogP contribution in [-0.4, -0.2) is 59.0 Å². The van der Waals surface area contributed by atoms with E-state index in [4.69, 9.17) is 4.74 Å². The van der Waals surface area contributed by atoms with E-state index in [2.05, 4.69) is 5.32 Å². The smallest absolute Gasteiger partial charge is 0.325 e. The SMILES string of the molecule is O=C(CN1C(=O)CNC1=O)N1CCOc2ccc(CO)cc2C1. The second kappa shape index (κ2) is 6.25. The Morgan fingerprint density at radius 3 is 2.87 bits per heavy atom. The van der Waals surface area contributed by atoms with E-state index in [1.807, 2.05) is 0 Å². The van der Waals surface area contributed by atoms with Crippen LogP contribution >= 0.6 is 0 Å². The van der Waals surface area contributed by atoms with Crippen molar-refractivity contribution < 1.29 is 24.2 Å². The van der Waals surface area contributed by atoms with Gasteiger partial charge in [0.25, 0.3) is 5.91 Å². The molecule has 2 aliphatic rings. The number of rotatable bonds is 3. The van der Waals surface area contributed by atoms with Crippen LogP contribution in [0.5, 0.6) is 5.75 Å². The van der Waals surface area contributed by atoms with Crippen molar-refractivity contribution in [2.45, 2.75) is 13.2 Å². The van der Waals surface area contributed by atoms with E-state index < -0.39 is 11.9 Å². The number of urea groups is 1. The maximum Gasteiger partial charge on any atom is 0.325 e. The van der Waals surface area contributed by atoms with Gasteiger partial charge in [-0.2, -0.15) is 0 Å². The second-order valence-corrected chi connectivity index (χ2v) is 5.40. The molecule has 0 spiro atoms. The molecule has 1 saturated heterocycles. The maximum atomic E-state index is 12.4. The Morgan fingerprint density at radius 1 is 1.35 bits per heavy atom. The normalized spacial score (nSPS) is 17.4. The Morgan fingerprint density at radius 2 is 2.17 bits per heavy atom. The third kappa shape index (κ3) is 3.11. The van der Waals surface area contributed by atoms with Crippen LogP contribution in [0.1, 0.15) is 11.1 Å². The molecule has 0 unspecified atom stereocenters. The molecule has 8 nitrogen and oxygen atoms in total. The van der Waals surface area contributed by atoms with Crippen LogP contribution < -0.4 is 10.1 Å². The quantitative estimate of drug-likeness (QED) is 0.729. The Kier molecular flexibility index (Phi) is 4.16. The van der Waals surface area contributed by atoms with E-state index in [-0.39, 0.29) is 25.6 Å². The molecule has 1 fully saturated rings. The molecule has 0 aromatic heterocycles. The summed E-state index contributed by atoms with van der Waals surface area (Å²) in [5, 5.41) is 11.6. The number of benzene rings is 1. The number of imide groups is 1. The van der Waals surface area contributed by atoms with Crippen molar-refractivity contribution in [2.24, 2.45) is 0 Å². The zero-order chi connectivity index (χ0) is 16.4. The monoisotopic (exact) mass is 319 g/mol. The summed E-state index contributed by atoms with van der Waals surface area (Å²) in [6, 6.07) is 4.78. The second-order valence-electron chi connectivity index (χ2n) is 5.40. The van der Waals surface area contributed by atoms with Gasteiger partial charge in [-0.15, -0.1) is 0 Å². The number of aliphatic hydroxyl groups is 1. The van der Waals surface area contributed by atoms with Crippen LogP contribution in [0.4, 0.5) is 4.79 Å². The fourth-order valence-corrected chi connectivity index (χ4v) is 2.61. The van der Waals surface area contributed by atoms with Gasteiger partial charge in [0.1, 0.15) is 18.9 Å². The summed E-state index contributed by atoms with van der Waals surface area (Å²) in [6.45, 7) is 0.565. The molecule has 2 N–H and O–H groups in total. The number of amides is 4. The van der Waals surface area contributed by atoms with Gasteiger partial charge >= 0.3 is 6.03 Å². The van der Waals surface area contributed by atoms with Crippen molar-refractivity contribution >= 4 is 17.8 Å². The zero-order valence-corrected chi connectivity index (χ0v) is 12.4. The van der Waals surface area contributed by atoms with Gasteiger partial charge in [0.15, 0.2) is 0 Å². The molecular weight excluding hydrogens is 302 g/mol. The Hall–Kier alpha value is -2.61. The fourth-order valence-electron chi connectivity index (χ4n) is 2.61. The molecule has 0 radical (unpaired) electrons. The largest absolute Gasteiger partial charge is 0.491 e. The number of carbonyl (C=O) groups is 3. The van der Waals surface area contributed by atoms with E-state index in [1.165, 1.54) is 0 Å². The number of hydrogen-bond donors (Lipinski definition) is 2. The van der Waals surface area contributed by atoms with E-state index >= 15 is 0 Å². The molecule has 2 heterocycles. The number of aliphatic hydroxyl groups excluding tert-OH is 1. The average Bonchev–Trinajstić information content (AvgIpc) is 2.77. The predicted octanol–water partition coefficient (Wildman–Crippen LogP) is -0.548. The van der Waals surface area contributed by atoms with E-state index in [0.29, 0.717) is 25.4 Å². The van der Waals surface area contributed by atoms with E-state index in [9.17, 15) is 19.5 Å². The zero-order valence-electron chi connectivity index (χ0n) is 12.4. The van der Waals surface area contributed by atoms with Crippen molar-refractivity contribution in [3.05, 3.63) is 29.3 Å². The first kappa shape index (κ1) is 15.3. The number of hydrogen-bond acceptors (Lipinski definition) is 5. The molecule has 1 aromatic carbocycles. The van der Waals surface area contributed by atoms with Crippen molar-refractivity contribution in [2.75, 3.05) is 26.2 Å². The Bertz CT molecular complexity index is 645. The van der Waals surface area contributed by atoms with Gasteiger partial charge in [-0.25, -0.2) is 4.79 Å². The average molecular weight is 319 g/mol. The summed E-state index contributed by atoms with van der Waals surface area (Å²) in [5.74, 6) is -0.0499. The summed E-state index contributed by atoms with van der Waals surface area (Å²) in [6.07, 6.45) is 0. The highest BCUT2D eigenvalue weighted by molar-refractivity contribution is 6.04. The van der Waals surface area contributed by atoms with Crippen molar-refractivity contribution in [3.63, 3.8) is 0 Å². The van der Waals surface area contributed by atoms with Crippen LogP contribution in [-0.2, 0) is 22.7 Å². The van der Waals surface area contributed by atoms with E-state index in [0.717, 1.165) is 16.0 Å². The number of fused-ring (bicyclic) bond motifs is 1. The number of carbonyl (C=O) groups excluding carboxylic acids is 3. The predicted molar refractivity (Wildman–Crippen MR) is 78.4 cm³/mol. The van der Waals surface area contributed by atoms with Gasteiger partial charge in [0.05, 0.1) is 19.7 Å². The lowest BCUT2D eigenvalue weighted by atomic mass is 10.1. The number of nitrogens with one attached hydrogen (secondary N) is 1. The third-order valence-electron chi connectivity index (χ3n) is 3.87. The molecule has 1 aromatic rings. The molecule has 23 heavy (non-hydrogen) atoms. The van der Waals surface area contributed by atoms with Gasteiger partial charge in [0.2, 0.25) is 5.91 Å². The summed E-state index contributed by atoms with van der Waals surface area (Å²) in [5.41, 5.74) is 1.52. The third-order valence-corrected chi connectivity index (χ3v) is 3.87. The van der Waals surface area contributed by atoms with Crippen molar-refractivity contribution in [1.29, 1.82) is 0 Å². The molecule has 0 saturated carbocycles. The van der Waals surface area contributed by atoms with Crippen LogP contribution in [0.3, 0.4) is 0 Å². The summed E-state index contributed by atoms with van der Waals surface area (Å²) in [7, 11) is 0. The summed E-state index contributed by atoms with van der Waals surface area (Å²) >= 11 is 0. The van der Waals surface area contributed by atoms with Gasteiger partial charge in [-0.1, -0.05) is 6.07 Å². The molecule has 8 heteroatoms. The minimum absolute atomic E-state index is 0.0715. The molecule has 2 aliphatic heterocycles. The minimum atomic E-state index is -0.544. The van der Waals surface area contributed by atoms with Crippen LogP contribution in [0.2, 0.25) is 0 Å². The first-order valence-corrected chi connectivity index (χ1v) is 7.30. The van der Waals surface area contributed by atoms with E-state index in [1.54, 1.807) is 23.1 Å².